The molecule has 1 aromatic carbocycles. The Hall–Kier alpha value is -1.59. The van der Waals surface area contributed by atoms with Crippen LogP contribution in [0.3, 0.4) is 0 Å². The zero-order valence-corrected chi connectivity index (χ0v) is 13.2. The van der Waals surface area contributed by atoms with Crippen LogP contribution >= 0.6 is 12.4 Å². The van der Waals surface area contributed by atoms with E-state index < -0.39 is 0 Å². The Balaban J connectivity index is 0.00000220. The Morgan fingerprint density at radius 1 is 1.33 bits per heavy atom. The minimum Gasteiger partial charge on any atom is -0.355 e. The van der Waals surface area contributed by atoms with Gasteiger partial charge in [0.2, 0.25) is 5.91 Å². The lowest BCUT2D eigenvalue weighted by Gasteiger charge is -2.22. The average Bonchev–Trinajstić information content (AvgIpc) is 2.49. The van der Waals surface area contributed by atoms with Gasteiger partial charge in [-0.3, -0.25) is 9.59 Å². The van der Waals surface area contributed by atoms with Crippen molar-refractivity contribution >= 4 is 29.9 Å². The van der Waals surface area contributed by atoms with Crippen LogP contribution in [-0.4, -0.2) is 32.0 Å². The van der Waals surface area contributed by atoms with Gasteiger partial charge < -0.3 is 16.0 Å². The number of carbonyl (C=O) groups excluding carboxylic acids is 2. The number of hydrogen-bond donors (Lipinski definition) is 3. The number of amides is 2. The average molecular weight is 312 g/mol. The first-order valence-electron chi connectivity index (χ1n) is 6.96. The molecule has 1 unspecified atom stereocenters. The molecule has 2 rings (SSSR count). The predicted octanol–water partition coefficient (Wildman–Crippen LogP) is 1.71. The van der Waals surface area contributed by atoms with Crippen molar-refractivity contribution in [2.24, 2.45) is 5.92 Å². The molecular weight excluding hydrogens is 290 g/mol. The van der Waals surface area contributed by atoms with Gasteiger partial charge in [0.25, 0.3) is 5.91 Å². The molecule has 0 aliphatic carbocycles. The Bertz CT molecular complexity index is 514. The first-order valence-corrected chi connectivity index (χ1v) is 6.96. The van der Waals surface area contributed by atoms with Crippen LogP contribution in [-0.2, 0) is 4.79 Å². The first kappa shape index (κ1) is 17.5. The van der Waals surface area contributed by atoms with Crippen LogP contribution in [0.1, 0.15) is 28.8 Å². The van der Waals surface area contributed by atoms with Crippen molar-refractivity contribution in [1.82, 2.24) is 10.6 Å². The molecule has 0 aromatic heterocycles. The lowest BCUT2D eigenvalue weighted by Crippen LogP contribution is -2.37. The van der Waals surface area contributed by atoms with Crippen molar-refractivity contribution in [1.29, 1.82) is 0 Å². The molecule has 1 aliphatic heterocycles. The molecule has 1 fully saturated rings. The molecule has 116 valence electrons. The number of aryl methyl sites for hydroxylation is 1. The van der Waals surface area contributed by atoms with Crippen LogP contribution in [0, 0.1) is 12.8 Å². The van der Waals surface area contributed by atoms with E-state index in [9.17, 15) is 9.59 Å². The summed E-state index contributed by atoms with van der Waals surface area (Å²) < 4.78 is 0. The van der Waals surface area contributed by atoms with Gasteiger partial charge >= 0.3 is 0 Å². The standard InChI is InChI=1S/C15H21N3O2.ClH/c1-10-5-6-13(12(8-10)15(20)16-2)18-14(19)11-4-3-7-17-9-11;/h5-6,8,11,17H,3-4,7,9H2,1-2H3,(H,16,20)(H,18,19);1H. The predicted molar refractivity (Wildman–Crippen MR) is 86.0 cm³/mol. The number of benzene rings is 1. The molecule has 21 heavy (non-hydrogen) atoms. The maximum atomic E-state index is 12.2. The summed E-state index contributed by atoms with van der Waals surface area (Å²) in [7, 11) is 1.58. The number of anilines is 1. The molecule has 1 aliphatic rings. The van der Waals surface area contributed by atoms with Gasteiger partial charge in [0, 0.05) is 13.6 Å². The number of carbonyl (C=O) groups is 2. The van der Waals surface area contributed by atoms with Crippen LogP contribution in [0.4, 0.5) is 5.69 Å². The smallest absolute Gasteiger partial charge is 0.253 e. The highest BCUT2D eigenvalue weighted by Gasteiger charge is 2.22. The molecule has 1 saturated heterocycles. The number of piperidine rings is 1. The minimum atomic E-state index is -0.189. The van der Waals surface area contributed by atoms with E-state index in [2.05, 4.69) is 16.0 Å². The van der Waals surface area contributed by atoms with Gasteiger partial charge in [0.05, 0.1) is 17.2 Å². The highest BCUT2D eigenvalue weighted by atomic mass is 35.5. The Morgan fingerprint density at radius 2 is 2.10 bits per heavy atom. The zero-order valence-electron chi connectivity index (χ0n) is 12.4. The summed E-state index contributed by atoms with van der Waals surface area (Å²) in [5.74, 6) is -0.237. The zero-order chi connectivity index (χ0) is 14.5. The number of nitrogens with one attached hydrogen (secondary N) is 3. The molecule has 0 bridgehead atoms. The van der Waals surface area contributed by atoms with Gasteiger partial charge in [-0.05, 0) is 38.4 Å². The van der Waals surface area contributed by atoms with Crippen molar-refractivity contribution in [3.63, 3.8) is 0 Å². The summed E-state index contributed by atoms with van der Waals surface area (Å²) in [4.78, 5) is 24.1. The second kappa shape index (κ2) is 8.00. The lowest BCUT2D eigenvalue weighted by molar-refractivity contribution is -0.120. The lowest BCUT2D eigenvalue weighted by atomic mass is 9.98. The van der Waals surface area contributed by atoms with Gasteiger partial charge in [0.1, 0.15) is 0 Å². The molecule has 0 radical (unpaired) electrons. The van der Waals surface area contributed by atoms with Gasteiger partial charge in [-0.25, -0.2) is 0 Å². The molecule has 1 aromatic rings. The minimum absolute atomic E-state index is 0. The van der Waals surface area contributed by atoms with Crippen molar-refractivity contribution in [3.05, 3.63) is 29.3 Å². The van der Waals surface area contributed by atoms with E-state index in [4.69, 9.17) is 0 Å². The monoisotopic (exact) mass is 311 g/mol. The third-order valence-corrected chi connectivity index (χ3v) is 3.57. The van der Waals surface area contributed by atoms with E-state index in [0.717, 1.165) is 24.9 Å². The summed E-state index contributed by atoms with van der Waals surface area (Å²) in [5, 5.41) is 8.70. The van der Waals surface area contributed by atoms with E-state index in [0.29, 0.717) is 17.8 Å². The van der Waals surface area contributed by atoms with Crippen LogP contribution in [0.5, 0.6) is 0 Å². The van der Waals surface area contributed by atoms with Crippen molar-refractivity contribution in [3.8, 4) is 0 Å². The molecule has 6 heteroatoms. The fourth-order valence-electron chi connectivity index (χ4n) is 2.40. The molecule has 3 N–H and O–H groups in total. The Kier molecular flexibility index (Phi) is 6.65. The van der Waals surface area contributed by atoms with Gasteiger partial charge in [-0.15, -0.1) is 12.4 Å². The third-order valence-electron chi connectivity index (χ3n) is 3.57. The maximum absolute atomic E-state index is 12.2. The fraction of sp³-hybridized carbons (Fsp3) is 0.467. The molecule has 5 nitrogen and oxygen atoms in total. The first-order chi connectivity index (χ1) is 9.61. The normalized spacial score (nSPS) is 17.5. The van der Waals surface area contributed by atoms with Crippen LogP contribution in [0.2, 0.25) is 0 Å². The quantitative estimate of drug-likeness (QED) is 0.796. The van der Waals surface area contributed by atoms with E-state index in [1.165, 1.54) is 0 Å². The van der Waals surface area contributed by atoms with Crippen LogP contribution in [0.15, 0.2) is 18.2 Å². The van der Waals surface area contributed by atoms with E-state index in [-0.39, 0.29) is 30.1 Å². The molecule has 1 heterocycles. The third kappa shape index (κ3) is 4.44. The SMILES string of the molecule is CNC(=O)c1cc(C)ccc1NC(=O)C1CCCNC1.Cl. The summed E-state index contributed by atoms with van der Waals surface area (Å²) in [5.41, 5.74) is 2.07. The largest absolute Gasteiger partial charge is 0.355 e. The van der Waals surface area contributed by atoms with Gasteiger partial charge in [-0.1, -0.05) is 11.6 Å². The van der Waals surface area contributed by atoms with E-state index >= 15 is 0 Å². The number of halogens is 1. The highest BCUT2D eigenvalue weighted by Crippen LogP contribution is 2.20. The molecular formula is C15H22ClN3O2. The molecule has 1 atom stereocenters. The summed E-state index contributed by atoms with van der Waals surface area (Å²) in [6.45, 7) is 3.59. The maximum Gasteiger partial charge on any atom is 0.253 e. The van der Waals surface area contributed by atoms with Gasteiger partial charge in [0.15, 0.2) is 0 Å². The molecule has 2 amide bonds. The van der Waals surface area contributed by atoms with Gasteiger partial charge in [-0.2, -0.15) is 0 Å². The second-order valence-corrected chi connectivity index (χ2v) is 5.16. The Morgan fingerprint density at radius 3 is 2.71 bits per heavy atom. The number of hydrogen-bond acceptors (Lipinski definition) is 3. The topological polar surface area (TPSA) is 70.2 Å². The van der Waals surface area contributed by atoms with E-state index in [1.807, 2.05) is 13.0 Å². The molecule has 0 spiro atoms. The van der Waals surface area contributed by atoms with Crippen molar-refractivity contribution < 1.29 is 9.59 Å². The van der Waals surface area contributed by atoms with E-state index in [1.54, 1.807) is 19.2 Å². The van der Waals surface area contributed by atoms with Crippen molar-refractivity contribution in [2.75, 3.05) is 25.5 Å². The number of rotatable bonds is 3. The fourth-order valence-corrected chi connectivity index (χ4v) is 2.40. The Labute approximate surface area is 131 Å². The highest BCUT2D eigenvalue weighted by molar-refractivity contribution is 6.04. The van der Waals surface area contributed by atoms with Crippen LogP contribution < -0.4 is 16.0 Å². The van der Waals surface area contributed by atoms with Crippen LogP contribution in [0.25, 0.3) is 0 Å². The summed E-state index contributed by atoms with van der Waals surface area (Å²) in [6.07, 6.45) is 1.90. The van der Waals surface area contributed by atoms with Crippen molar-refractivity contribution in [2.45, 2.75) is 19.8 Å². The summed E-state index contributed by atoms with van der Waals surface area (Å²) >= 11 is 0. The molecule has 0 saturated carbocycles. The second-order valence-electron chi connectivity index (χ2n) is 5.16. The summed E-state index contributed by atoms with van der Waals surface area (Å²) in [6, 6.07) is 5.46.